The number of urea groups is 1. The molecule has 1 saturated heterocycles. The lowest BCUT2D eigenvalue weighted by molar-refractivity contribution is 0.235. The van der Waals surface area contributed by atoms with E-state index in [9.17, 15) is 4.79 Å². The predicted molar refractivity (Wildman–Crippen MR) is 45.9 cm³/mol. The molecule has 1 aliphatic carbocycles. The van der Waals surface area contributed by atoms with Gasteiger partial charge in [-0.2, -0.15) is 0 Å². The summed E-state index contributed by atoms with van der Waals surface area (Å²) in [6.45, 7) is 2.90. The zero-order chi connectivity index (χ0) is 8.39. The zero-order valence-corrected chi connectivity index (χ0v) is 7.10. The Hall–Kier alpha value is -0.770. The predicted octanol–water partition coefficient (Wildman–Crippen LogP) is -0.333. The molecule has 3 N–H and O–H groups in total. The lowest BCUT2D eigenvalue weighted by atomic mass is 10.0. The molecule has 2 rings (SSSR count). The fraction of sp³-hybridized carbons (Fsp3) is 0.875. The summed E-state index contributed by atoms with van der Waals surface area (Å²) >= 11 is 0. The number of nitrogens with one attached hydrogen (secondary N) is 3. The normalized spacial score (nSPS) is 23.0. The van der Waals surface area contributed by atoms with Crippen LogP contribution in [-0.4, -0.2) is 31.7 Å². The molecule has 0 bridgehead atoms. The van der Waals surface area contributed by atoms with Crippen LogP contribution in [0.15, 0.2) is 0 Å². The molecule has 2 amide bonds. The average Bonchev–Trinajstić information content (AvgIpc) is 2.68. The summed E-state index contributed by atoms with van der Waals surface area (Å²) < 4.78 is 0. The maximum atomic E-state index is 11.1. The maximum Gasteiger partial charge on any atom is 0.315 e. The van der Waals surface area contributed by atoms with Gasteiger partial charge in [0, 0.05) is 31.6 Å². The minimum Gasteiger partial charge on any atom is -0.338 e. The topological polar surface area (TPSA) is 53.2 Å². The molecular weight excluding hydrogens is 154 g/mol. The van der Waals surface area contributed by atoms with Crippen LogP contribution in [0.1, 0.15) is 12.8 Å². The first-order valence-electron chi connectivity index (χ1n) is 4.59. The number of hydrogen-bond donors (Lipinski definition) is 3. The van der Waals surface area contributed by atoms with Crippen molar-refractivity contribution in [2.75, 3.05) is 19.6 Å². The van der Waals surface area contributed by atoms with E-state index in [1.54, 1.807) is 0 Å². The van der Waals surface area contributed by atoms with Crippen LogP contribution in [0.4, 0.5) is 4.79 Å². The lowest BCUT2D eigenvalue weighted by Crippen LogP contribution is -2.50. The van der Waals surface area contributed by atoms with E-state index in [-0.39, 0.29) is 6.03 Å². The minimum atomic E-state index is 0.00407. The molecule has 0 aromatic carbocycles. The highest BCUT2D eigenvalue weighted by atomic mass is 16.2. The second kappa shape index (κ2) is 3.31. The number of amides is 2. The van der Waals surface area contributed by atoms with Gasteiger partial charge in [-0.1, -0.05) is 0 Å². The van der Waals surface area contributed by atoms with Gasteiger partial charge in [0.1, 0.15) is 0 Å². The molecule has 0 atom stereocenters. The fourth-order valence-electron chi connectivity index (χ4n) is 1.19. The first kappa shape index (κ1) is 7.86. The number of carbonyl (C=O) groups is 1. The Morgan fingerprint density at radius 1 is 1.42 bits per heavy atom. The van der Waals surface area contributed by atoms with Gasteiger partial charge in [0.2, 0.25) is 0 Å². The Balaban J connectivity index is 1.55. The SMILES string of the molecule is O=C(NCC1CNC1)NC1CC1. The van der Waals surface area contributed by atoms with Crippen molar-refractivity contribution in [3.63, 3.8) is 0 Å². The first-order chi connectivity index (χ1) is 5.84. The van der Waals surface area contributed by atoms with Crippen molar-refractivity contribution >= 4 is 6.03 Å². The zero-order valence-electron chi connectivity index (χ0n) is 7.10. The van der Waals surface area contributed by atoms with Crippen LogP contribution in [0.2, 0.25) is 0 Å². The van der Waals surface area contributed by atoms with Crippen molar-refractivity contribution in [1.29, 1.82) is 0 Å². The van der Waals surface area contributed by atoms with Gasteiger partial charge in [0.15, 0.2) is 0 Å². The molecule has 4 nitrogen and oxygen atoms in total. The highest BCUT2D eigenvalue weighted by molar-refractivity contribution is 5.74. The Labute approximate surface area is 72.1 Å². The summed E-state index contributed by atoms with van der Waals surface area (Å²) in [5.74, 6) is 0.648. The highest BCUT2D eigenvalue weighted by Gasteiger charge is 2.24. The van der Waals surface area contributed by atoms with Crippen LogP contribution < -0.4 is 16.0 Å². The first-order valence-corrected chi connectivity index (χ1v) is 4.59. The summed E-state index contributed by atoms with van der Waals surface area (Å²) in [7, 11) is 0. The van der Waals surface area contributed by atoms with Crippen LogP contribution in [0.25, 0.3) is 0 Å². The molecule has 1 heterocycles. The van der Waals surface area contributed by atoms with Crippen molar-refractivity contribution < 1.29 is 4.79 Å². The van der Waals surface area contributed by atoms with Gasteiger partial charge in [-0.3, -0.25) is 0 Å². The molecule has 2 aliphatic rings. The summed E-state index contributed by atoms with van der Waals surface area (Å²) in [5.41, 5.74) is 0. The smallest absolute Gasteiger partial charge is 0.315 e. The molecule has 0 aromatic rings. The summed E-state index contributed by atoms with van der Waals surface area (Å²) in [4.78, 5) is 11.1. The van der Waals surface area contributed by atoms with Gasteiger partial charge in [0.05, 0.1) is 0 Å². The van der Waals surface area contributed by atoms with Crippen LogP contribution in [0, 0.1) is 5.92 Å². The summed E-state index contributed by atoms with van der Waals surface area (Å²) in [6, 6.07) is 0.467. The van der Waals surface area contributed by atoms with E-state index in [1.165, 1.54) is 0 Å². The molecule has 68 valence electrons. The van der Waals surface area contributed by atoms with E-state index in [0.717, 1.165) is 32.5 Å². The van der Waals surface area contributed by atoms with Crippen LogP contribution >= 0.6 is 0 Å². The molecule has 4 heteroatoms. The molecule has 1 saturated carbocycles. The number of rotatable bonds is 3. The summed E-state index contributed by atoms with van der Waals surface area (Å²) in [5, 5.41) is 8.92. The van der Waals surface area contributed by atoms with E-state index >= 15 is 0 Å². The monoisotopic (exact) mass is 169 g/mol. The van der Waals surface area contributed by atoms with Gasteiger partial charge in [-0.25, -0.2) is 4.79 Å². The van der Waals surface area contributed by atoms with Gasteiger partial charge >= 0.3 is 6.03 Å². The van der Waals surface area contributed by atoms with Gasteiger partial charge in [0.25, 0.3) is 0 Å². The number of hydrogen-bond acceptors (Lipinski definition) is 2. The van der Waals surface area contributed by atoms with E-state index in [2.05, 4.69) is 16.0 Å². The maximum absolute atomic E-state index is 11.1. The second-order valence-corrected chi connectivity index (χ2v) is 3.65. The quantitative estimate of drug-likeness (QED) is 0.541. The molecule has 0 radical (unpaired) electrons. The lowest BCUT2D eigenvalue weighted by Gasteiger charge is -2.27. The van der Waals surface area contributed by atoms with Crippen LogP contribution in [-0.2, 0) is 0 Å². The number of carbonyl (C=O) groups excluding carboxylic acids is 1. The van der Waals surface area contributed by atoms with Crippen LogP contribution in [0.5, 0.6) is 0 Å². The van der Waals surface area contributed by atoms with Gasteiger partial charge in [-0.05, 0) is 12.8 Å². The second-order valence-electron chi connectivity index (χ2n) is 3.65. The van der Waals surface area contributed by atoms with E-state index in [0.29, 0.717) is 12.0 Å². The third-order valence-electron chi connectivity index (χ3n) is 2.33. The Morgan fingerprint density at radius 3 is 2.67 bits per heavy atom. The molecule has 2 fully saturated rings. The standard InChI is InChI=1S/C8H15N3O/c12-8(11-7-1-2-7)10-5-6-3-9-4-6/h6-7,9H,1-5H2,(H2,10,11,12). The molecular formula is C8H15N3O. The summed E-state index contributed by atoms with van der Waals surface area (Å²) in [6.07, 6.45) is 2.30. The molecule has 0 unspecified atom stereocenters. The fourth-order valence-corrected chi connectivity index (χ4v) is 1.19. The minimum absolute atomic E-state index is 0.00407. The van der Waals surface area contributed by atoms with Crippen molar-refractivity contribution in [2.24, 2.45) is 5.92 Å². The van der Waals surface area contributed by atoms with Crippen LogP contribution in [0.3, 0.4) is 0 Å². The Kier molecular flexibility index (Phi) is 2.17. The van der Waals surface area contributed by atoms with Crippen molar-refractivity contribution in [2.45, 2.75) is 18.9 Å². The van der Waals surface area contributed by atoms with E-state index in [4.69, 9.17) is 0 Å². The highest BCUT2D eigenvalue weighted by Crippen LogP contribution is 2.18. The van der Waals surface area contributed by atoms with Gasteiger partial charge < -0.3 is 16.0 Å². The van der Waals surface area contributed by atoms with Crippen molar-refractivity contribution in [1.82, 2.24) is 16.0 Å². The largest absolute Gasteiger partial charge is 0.338 e. The Bertz CT molecular complexity index is 175. The van der Waals surface area contributed by atoms with Crippen molar-refractivity contribution in [3.05, 3.63) is 0 Å². The third kappa shape index (κ3) is 2.11. The molecule has 0 spiro atoms. The van der Waals surface area contributed by atoms with Gasteiger partial charge in [-0.15, -0.1) is 0 Å². The van der Waals surface area contributed by atoms with Crippen molar-refractivity contribution in [3.8, 4) is 0 Å². The third-order valence-corrected chi connectivity index (χ3v) is 2.33. The molecule has 1 aliphatic heterocycles. The average molecular weight is 169 g/mol. The van der Waals surface area contributed by atoms with E-state index < -0.39 is 0 Å². The van der Waals surface area contributed by atoms with E-state index in [1.807, 2.05) is 0 Å². The molecule has 12 heavy (non-hydrogen) atoms. The Morgan fingerprint density at radius 2 is 2.17 bits per heavy atom. The molecule has 0 aromatic heterocycles.